The van der Waals surface area contributed by atoms with Crippen molar-refractivity contribution in [1.29, 1.82) is 0 Å². The molecule has 1 saturated carbocycles. The van der Waals surface area contributed by atoms with Crippen LogP contribution in [0, 0.1) is 23.0 Å². The number of ether oxygens (including phenoxy) is 2. The number of benzene rings is 2. The predicted octanol–water partition coefficient (Wildman–Crippen LogP) is 6.11. The third-order valence-corrected chi connectivity index (χ3v) is 9.17. The number of rotatable bonds is 12. The van der Waals surface area contributed by atoms with Gasteiger partial charge in [-0.25, -0.2) is 8.78 Å². The van der Waals surface area contributed by atoms with E-state index in [9.17, 15) is 18.8 Å². The quantitative estimate of drug-likeness (QED) is 0.106. The first-order valence-corrected chi connectivity index (χ1v) is 16.0. The smallest absolute Gasteiger partial charge is 0.323 e. The van der Waals surface area contributed by atoms with Crippen molar-refractivity contribution in [3.63, 3.8) is 0 Å². The molecule has 14 heteroatoms. The molecule has 5 aromatic rings. The molecule has 3 aromatic heterocycles. The third-order valence-electron chi connectivity index (χ3n) is 7.98. The highest BCUT2D eigenvalue weighted by Crippen LogP contribution is 2.48. The van der Waals surface area contributed by atoms with Crippen molar-refractivity contribution < 1.29 is 32.6 Å². The Hall–Kier alpha value is -5.21. The molecule has 0 radical (unpaired) electrons. The van der Waals surface area contributed by atoms with Crippen molar-refractivity contribution in [3.05, 3.63) is 84.8 Å². The van der Waals surface area contributed by atoms with Crippen LogP contribution < -0.4 is 21.1 Å². The van der Waals surface area contributed by atoms with Crippen molar-refractivity contribution >= 4 is 50.7 Å². The Bertz CT molecular complexity index is 1990. The molecule has 2 amide bonds. The zero-order valence-electron chi connectivity index (χ0n) is 26.0. The van der Waals surface area contributed by atoms with E-state index in [1.807, 2.05) is 26.1 Å². The van der Waals surface area contributed by atoms with E-state index in [1.54, 1.807) is 23.1 Å². The Balaban J connectivity index is 1.09. The van der Waals surface area contributed by atoms with Gasteiger partial charge in [0.05, 0.1) is 23.0 Å². The van der Waals surface area contributed by atoms with Gasteiger partial charge in [0.15, 0.2) is 11.6 Å². The van der Waals surface area contributed by atoms with Crippen molar-refractivity contribution in [2.45, 2.75) is 39.3 Å². The summed E-state index contributed by atoms with van der Waals surface area (Å²) in [6.45, 7) is 4.19. The first kappa shape index (κ1) is 32.7. The Kier molecular flexibility index (Phi) is 9.20. The first-order chi connectivity index (χ1) is 23.0. The number of aromatic nitrogens is 3. The summed E-state index contributed by atoms with van der Waals surface area (Å²) in [7, 11) is 0. The van der Waals surface area contributed by atoms with Crippen LogP contribution in [-0.2, 0) is 25.7 Å². The maximum atomic E-state index is 15.2. The number of carbonyl (C=O) groups is 3. The highest BCUT2D eigenvalue weighted by Gasteiger charge is 2.56. The number of hydrogen-bond donors (Lipinski definition) is 3. The normalized spacial score (nSPS) is 14.0. The fourth-order valence-corrected chi connectivity index (χ4v) is 5.90. The number of nitrogens with one attached hydrogen (secondary N) is 2. The first-order valence-electron chi connectivity index (χ1n) is 15.2. The summed E-state index contributed by atoms with van der Waals surface area (Å²) < 4.78 is 42.0. The number of anilines is 2. The standard InChI is InChI=1S/C34H32F2N6O5S/c1-19(2)29(37)31(43)46-14-13-42-18-20(17-39-42)28-16-25-30(48-28)27(9-12-38-25)47-26-8-7-23(15-24(26)36)41-33(45)34(10-11-34)32(44)40-22-5-3-21(35)4-6-22/h3-9,12,15-19,29H,10-11,13-14,37H2,1-2H3,(H,40,44)(H,41,45). The minimum atomic E-state index is -1.29. The van der Waals surface area contributed by atoms with Gasteiger partial charge in [-0.05, 0) is 61.2 Å². The minimum absolute atomic E-state index is 0.0227. The highest BCUT2D eigenvalue weighted by atomic mass is 32.1. The van der Waals surface area contributed by atoms with Gasteiger partial charge >= 0.3 is 5.97 Å². The molecule has 1 atom stereocenters. The van der Waals surface area contributed by atoms with Gasteiger partial charge in [-0.15, -0.1) is 11.3 Å². The van der Waals surface area contributed by atoms with Crippen molar-refractivity contribution in [3.8, 4) is 21.9 Å². The van der Waals surface area contributed by atoms with Gasteiger partial charge in [-0.1, -0.05) is 13.8 Å². The number of hydrogen-bond acceptors (Lipinski definition) is 9. The average molecular weight is 675 g/mol. The van der Waals surface area contributed by atoms with Crippen LogP contribution in [0.1, 0.15) is 26.7 Å². The van der Waals surface area contributed by atoms with Gasteiger partial charge < -0.3 is 25.8 Å². The molecule has 248 valence electrons. The molecule has 48 heavy (non-hydrogen) atoms. The molecule has 2 aromatic carbocycles. The Morgan fingerprint density at radius 1 is 1.00 bits per heavy atom. The number of nitrogens with zero attached hydrogens (tertiary/aromatic N) is 3. The van der Waals surface area contributed by atoms with Crippen molar-refractivity contribution in [1.82, 2.24) is 14.8 Å². The lowest BCUT2D eigenvalue weighted by Gasteiger charge is -2.16. The van der Waals surface area contributed by atoms with Crippen molar-refractivity contribution in [2.75, 3.05) is 17.2 Å². The predicted molar refractivity (Wildman–Crippen MR) is 176 cm³/mol. The van der Waals surface area contributed by atoms with Crippen molar-refractivity contribution in [2.24, 2.45) is 17.1 Å². The Labute approximate surface area is 278 Å². The number of esters is 1. The molecule has 1 aliphatic carbocycles. The lowest BCUT2D eigenvalue weighted by molar-refractivity contribution is -0.146. The fraction of sp³-hybridized carbons (Fsp3) is 0.265. The lowest BCUT2D eigenvalue weighted by Crippen LogP contribution is -2.37. The number of pyridine rings is 1. The maximum absolute atomic E-state index is 15.2. The van der Waals surface area contributed by atoms with Gasteiger partial charge in [-0.3, -0.25) is 24.0 Å². The second-order valence-electron chi connectivity index (χ2n) is 11.8. The van der Waals surface area contributed by atoms with E-state index < -0.39 is 40.9 Å². The van der Waals surface area contributed by atoms with E-state index in [2.05, 4.69) is 20.7 Å². The fourth-order valence-electron chi connectivity index (χ4n) is 4.86. The zero-order valence-corrected chi connectivity index (χ0v) is 26.9. The molecule has 1 unspecified atom stereocenters. The number of thiophene rings is 1. The largest absolute Gasteiger partial charge is 0.463 e. The number of nitrogens with two attached hydrogens (primary N) is 1. The summed E-state index contributed by atoms with van der Waals surface area (Å²) in [5.74, 6) is -2.38. The van der Waals surface area contributed by atoms with Crippen LogP contribution >= 0.6 is 11.3 Å². The van der Waals surface area contributed by atoms with Crippen LogP contribution in [0.15, 0.2) is 73.2 Å². The molecule has 0 aliphatic heterocycles. The number of fused-ring (bicyclic) bond motifs is 1. The second-order valence-corrected chi connectivity index (χ2v) is 12.9. The second kappa shape index (κ2) is 13.5. The van der Waals surface area contributed by atoms with Crippen LogP contribution in [0.4, 0.5) is 20.2 Å². The Morgan fingerprint density at radius 3 is 2.40 bits per heavy atom. The summed E-state index contributed by atoms with van der Waals surface area (Å²) in [5, 5.41) is 9.63. The maximum Gasteiger partial charge on any atom is 0.323 e. The molecular weight excluding hydrogens is 642 g/mol. The molecule has 0 saturated heterocycles. The monoisotopic (exact) mass is 674 g/mol. The molecular formula is C34H32F2N6O5S. The van der Waals surface area contributed by atoms with Crippen LogP contribution in [0.25, 0.3) is 20.7 Å². The molecule has 1 fully saturated rings. The minimum Gasteiger partial charge on any atom is -0.463 e. The van der Waals surface area contributed by atoms with E-state index in [1.165, 1.54) is 47.7 Å². The SMILES string of the molecule is CC(C)C(N)C(=O)OCCn1cc(-c2cc3nccc(Oc4ccc(NC(=O)C5(C(=O)Nc6ccc(F)cc6)CC5)cc4F)c3s2)cn1. The van der Waals surface area contributed by atoms with Crippen LogP contribution in [0.3, 0.4) is 0 Å². The summed E-state index contributed by atoms with van der Waals surface area (Å²) in [4.78, 5) is 43.2. The van der Waals surface area contributed by atoms with Gasteiger partial charge in [0.1, 0.15) is 29.6 Å². The van der Waals surface area contributed by atoms with E-state index in [-0.39, 0.29) is 24.0 Å². The van der Waals surface area contributed by atoms with E-state index in [4.69, 9.17) is 15.2 Å². The molecule has 6 rings (SSSR count). The zero-order chi connectivity index (χ0) is 34.0. The highest BCUT2D eigenvalue weighted by molar-refractivity contribution is 7.22. The van der Waals surface area contributed by atoms with Gasteiger partial charge in [0.2, 0.25) is 11.8 Å². The average Bonchev–Trinajstić information content (AvgIpc) is 3.55. The van der Waals surface area contributed by atoms with Crippen LogP contribution in [-0.4, -0.2) is 45.2 Å². The number of amides is 2. The van der Waals surface area contributed by atoms with Gasteiger partial charge in [0.25, 0.3) is 0 Å². The number of carbonyl (C=O) groups excluding carboxylic acids is 3. The topological polar surface area (TPSA) is 150 Å². The summed E-state index contributed by atoms with van der Waals surface area (Å²) in [6.07, 6.45) is 5.75. The Morgan fingerprint density at radius 2 is 1.71 bits per heavy atom. The lowest BCUT2D eigenvalue weighted by atomic mass is 10.0. The summed E-state index contributed by atoms with van der Waals surface area (Å²) in [5.41, 5.74) is 6.55. The summed E-state index contributed by atoms with van der Waals surface area (Å²) >= 11 is 1.40. The molecule has 1 aliphatic rings. The molecule has 4 N–H and O–H groups in total. The molecule has 0 bridgehead atoms. The van der Waals surface area contributed by atoms with Gasteiger partial charge in [0, 0.05) is 46.3 Å². The molecule has 0 spiro atoms. The third kappa shape index (κ3) is 7.04. The van der Waals surface area contributed by atoms with Crippen LogP contribution in [0.2, 0.25) is 0 Å². The van der Waals surface area contributed by atoms with E-state index in [0.29, 0.717) is 41.0 Å². The molecule has 3 heterocycles. The van der Waals surface area contributed by atoms with E-state index >= 15 is 4.39 Å². The molecule has 11 nitrogen and oxygen atoms in total. The van der Waals surface area contributed by atoms with E-state index in [0.717, 1.165) is 16.5 Å². The van der Waals surface area contributed by atoms with Crippen LogP contribution in [0.5, 0.6) is 11.5 Å². The summed E-state index contributed by atoms with van der Waals surface area (Å²) in [6, 6.07) is 12.1. The number of halogens is 2. The van der Waals surface area contributed by atoms with Gasteiger partial charge in [-0.2, -0.15) is 5.10 Å².